The molecule has 0 radical (unpaired) electrons. The molecule has 0 spiro atoms. The first-order valence-corrected chi connectivity index (χ1v) is 11.7. The van der Waals surface area contributed by atoms with Gasteiger partial charge in [-0.2, -0.15) is 9.78 Å². The fourth-order valence-electron chi connectivity index (χ4n) is 3.82. The fourth-order valence-corrected chi connectivity index (χ4v) is 3.82. The molecule has 3 aromatic carbocycles. The van der Waals surface area contributed by atoms with Gasteiger partial charge in [0.05, 0.1) is 23.7 Å². The SMILES string of the molecule is CCOc1cc(C=Nn2c(-c3cc4ccccc4o3)nc3ccccc3c2=O)ccc1O[C@@H](C)C(=O)O. The quantitative estimate of drug-likeness (QED) is 0.302. The molecule has 9 heteroatoms. The number of fused-ring (bicyclic) bond motifs is 2. The first-order chi connectivity index (χ1) is 17.9. The van der Waals surface area contributed by atoms with Crippen LogP contribution in [0.5, 0.6) is 11.5 Å². The summed E-state index contributed by atoms with van der Waals surface area (Å²) in [4.78, 5) is 29.3. The Balaban J connectivity index is 1.60. The number of aliphatic carboxylic acids is 1. The van der Waals surface area contributed by atoms with Crippen molar-refractivity contribution in [2.75, 3.05) is 6.61 Å². The van der Waals surface area contributed by atoms with Crippen LogP contribution in [0.3, 0.4) is 0 Å². The van der Waals surface area contributed by atoms with Crippen molar-refractivity contribution in [3.63, 3.8) is 0 Å². The zero-order chi connectivity index (χ0) is 25.9. The Kier molecular flexibility index (Phi) is 6.42. The van der Waals surface area contributed by atoms with Crippen molar-refractivity contribution in [2.45, 2.75) is 20.0 Å². The number of carboxylic acids is 1. The zero-order valence-corrected chi connectivity index (χ0v) is 20.1. The molecule has 37 heavy (non-hydrogen) atoms. The van der Waals surface area contributed by atoms with E-state index in [0.717, 1.165) is 5.39 Å². The van der Waals surface area contributed by atoms with Gasteiger partial charge in [0.2, 0.25) is 5.82 Å². The van der Waals surface area contributed by atoms with Crippen LogP contribution in [0, 0.1) is 0 Å². The van der Waals surface area contributed by atoms with Crippen LogP contribution in [-0.4, -0.2) is 39.7 Å². The van der Waals surface area contributed by atoms with E-state index >= 15 is 0 Å². The lowest BCUT2D eigenvalue weighted by Crippen LogP contribution is -2.23. The third-order valence-corrected chi connectivity index (χ3v) is 5.64. The molecule has 5 aromatic rings. The maximum Gasteiger partial charge on any atom is 0.344 e. The van der Waals surface area contributed by atoms with Gasteiger partial charge in [-0.15, -0.1) is 0 Å². The number of benzene rings is 3. The molecular formula is C28H23N3O6. The van der Waals surface area contributed by atoms with Gasteiger partial charge in [-0.3, -0.25) is 4.79 Å². The van der Waals surface area contributed by atoms with E-state index in [1.807, 2.05) is 43.3 Å². The molecule has 186 valence electrons. The standard InChI is InChI=1S/C28H23N3O6/c1-3-35-24-14-18(12-13-23(24)36-17(2)28(33)34)16-29-31-26(25-15-19-8-4-7-11-22(19)37-25)30-21-10-6-5-9-20(21)27(31)32/h4-17H,3H2,1-2H3,(H,33,34)/t17-/m0/s1. The summed E-state index contributed by atoms with van der Waals surface area (Å²) in [5.41, 5.74) is 1.46. The smallest absolute Gasteiger partial charge is 0.344 e. The van der Waals surface area contributed by atoms with Crippen LogP contribution in [0.2, 0.25) is 0 Å². The van der Waals surface area contributed by atoms with Crippen molar-refractivity contribution in [1.29, 1.82) is 0 Å². The largest absolute Gasteiger partial charge is 0.490 e. The number of hydrogen-bond acceptors (Lipinski definition) is 7. The zero-order valence-electron chi connectivity index (χ0n) is 20.1. The molecule has 0 unspecified atom stereocenters. The molecule has 0 saturated heterocycles. The molecule has 9 nitrogen and oxygen atoms in total. The molecule has 0 amide bonds. The molecule has 2 heterocycles. The second-order valence-corrected chi connectivity index (χ2v) is 8.20. The molecule has 0 aliphatic heterocycles. The van der Waals surface area contributed by atoms with Gasteiger partial charge in [0.15, 0.2) is 23.4 Å². The van der Waals surface area contributed by atoms with Gasteiger partial charge in [-0.05, 0) is 61.9 Å². The number of nitrogens with zero attached hydrogens (tertiary/aromatic N) is 3. The number of carbonyl (C=O) groups is 1. The van der Waals surface area contributed by atoms with Gasteiger partial charge in [-0.25, -0.2) is 9.78 Å². The van der Waals surface area contributed by atoms with Crippen molar-refractivity contribution >= 4 is 34.1 Å². The average Bonchev–Trinajstić information content (AvgIpc) is 3.33. The highest BCUT2D eigenvalue weighted by Crippen LogP contribution is 2.30. The Bertz CT molecular complexity index is 1670. The second-order valence-electron chi connectivity index (χ2n) is 8.20. The minimum Gasteiger partial charge on any atom is -0.490 e. The Hall–Kier alpha value is -4.92. The Morgan fingerprint density at radius 1 is 1.11 bits per heavy atom. The second kappa shape index (κ2) is 9.98. The van der Waals surface area contributed by atoms with Crippen LogP contribution in [0.1, 0.15) is 19.4 Å². The van der Waals surface area contributed by atoms with E-state index in [-0.39, 0.29) is 11.4 Å². The molecular weight excluding hydrogens is 474 g/mol. The maximum atomic E-state index is 13.4. The highest BCUT2D eigenvalue weighted by molar-refractivity contribution is 5.85. The van der Waals surface area contributed by atoms with E-state index < -0.39 is 12.1 Å². The summed E-state index contributed by atoms with van der Waals surface area (Å²) in [6.45, 7) is 3.60. The summed E-state index contributed by atoms with van der Waals surface area (Å²) in [5.74, 6) is 0.232. The van der Waals surface area contributed by atoms with Crippen LogP contribution in [0.4, 0.5) is 0 Å². The number of aromatic nitrogens is 2. The summed E-state index contributed by atoms with van der Waals surface area (Å²) in [5, 5.41) is 14.9. The normalized spacial score (nSPS) is 12.3. The van der Waals surface area contributed by atoms with Gasteiger partial charge in [-0.1, -0.05) is 30.3 Å². The van der Waals surface area contributed by atoms with Crippen LogP contribution in [-0.2, 0) is 4.79 Å². The van der Waals surface area contributed by atoms with Gasteiger partial charge in [0.25, 0.3) is 5.56 Å². The summed E-state index contributed by atoms with van der Waals surface area (Å²) >= 11 is 0. The van der Waals surface area contributed by atoms with E-state index in [0.29, 0.717) is 45.9 Å². The highest BCUT2D eigenvalue weighted by atomic mass is 16.5. The topological polar surface area (TPSA) is 116 Å². The molecule has 2 aromatic heterocycles. The summed E-state index contributed by atoms with van der Waals surface area (Å²) < 4.78 is 18.3. The number of carboxylic acid groups (broad SMARTS) is 1. The van der Waals surface area contributed by atoms with E-state index in [1.54, 1.807) is 36.4 Å². The molecule has 0 aliphatic carbocycles. The third-order valence-electron chi connectivity index (χ3n) is 5.64. The van der Waals surface area contributed by atoms with E-state index in [1.165, 1.54) is 17.8 Å². The average molecular weight is 498 g/mol. The van der Waals surface area contributed by atoms with Crippen LogP contribution >= 0.6 is 0 Å². The Labute approximate surface area is 211 Å². The molecule has 1 N–H and O–H groups in total. The highest BCUT2D eigenvalue weighted by Gasteiger charge is 2.18. The van der Waals surface area contributed by atoms with Crippen molar-refractivity contribution in [3.8, 4) is 23.1 Å². The lowest BCUT2D eigenvalue weighted by atomic mass is 10.2. The molecule has 0 fully saturated rings. The molecule has 1 atom stereocenters. The number of furan rings is 1. The summed E-state index contributed by atoms with van der Waals surface area (Å²) in [6, 6.07) is 21.4. The van der Waals surface area contributed by atoms with Gasteiger partial charge >= 0.3 is 5.97 Å². The van der Waals surface area contributed by atoms with Gasteiger partial charge in [0.1, 0.15) is 5.58 Å². The lowest BCUT2D eigenvalue weighted by molar-refractivity contribution is -0.144. The van der Waals surface area contributed by atoms with Crippen LogP contribution in [0.25, 0.3) is 33.5 Å². The minimum absolute atomic E-state index is 0.261. The molecule has 0 bridgehead atoms. The monoisotopic (exact) mass is 497 g/mol. The summed E-state index contributed by atoms with van der Waals surface area (Å²) in [6.07, 6.45) is 0.448. The first-order valence-electron chi connectivity index (χ1n) is 11.7. The van der Waals surface area contributed by atoms with Crippen molar-refractivity contribution < 1.29 is 23.8 Å². The molecule has 5 rings (SSSR count). The Morgan fingerprint density at radius 3 is 2.68 bits per heavy atom. The van der Waals surface area contributed by atoms with E-state index in [2.05, 4.69) is 10.1 Å². The van der Waals surface area contributed by atoms with E-state index in [4.69, 9.17) is 19.0 Å². The predicted octanol–water partition coefficient (Wildman–Crippen LogP) is 4.94. The number of ether oxygens (including phenoxy) is 2. The molecule has 0 aliphatic rings. The lowest BCUT2D eigenvalue weighted by Gasteiger charge is -2.15. The summed E-state index contributed by atoms with van der Waals surface area (Å²) in [7, 11) is 0. The van der Waals surface area contributed by atoms with Gasteiger partial charge in [0, 0.05) is 5.39 Å². The number of hydrogen-bond donors (Lipinski definition) is 1. The van der Waals surface area contributed by atoms with Gasteiger partial charge < -0.3 is 19.0 Å². The maximum absolute atomic E-state index is 13.4. The van der Waals surface area contributed by atoms with Crippen molar-refractivity contribution in [1.82, 2.24) is 9.66 Å². The van der Waals surface area contributed by atoms with Crippen molar-refractivity contribution in [2.24, 2.45) is 5.10 Å². The van der Waals surface area contributed by atoms with Crippen LogP contribution in [0.15, 0.2) is 87.1 Å². The predicted molar refractivity (Wildman–Crippen MR) is 140 cm³/mol. The minimum atomic E-state index is -1.09. The fraction of sp³-hybridized carbons (Fsp3) is 0.143. The first kappa shape index (κ1) is 23.8. The third kappa shape index (κ3) is 4.79. The molecule has 0 saturated carbocycles. The number of para-hydroxylation sites is 2. The van der Waals surface area contributed by atoms with Crippen LogP contribution < -0.4 is 15.0 Å². The van der Waals surface area contributed by atoms with E-state index in [9.17, 15) is 9.59 Å². The Morgan fingerprint density at radius 2 is 1.89 bits per heavy atom. The number of rotatable bonds is 8. The van der Waals surface area contributed by atoms with Crippen molar-refractivity contribution in [3.05, 3.63) is 88.7 Å².